The van der Waals surface area contributed by atoms with Crippen LogP contribution < -0.4 is 15.6 Å². The molecule has 0 saturated carbocycles. The Balaban J connectivity index is 1.76. The van der Waals surface area contributed by atoms with Crippen LogP contribution in [0.3, 0.4) is 0 Å². The van der Waals surface area contributed by atoms with Crippen molar-refractivity contribution in [1.29, 1.82) is 5.26 Å². The molecule has 1 aromatic heterocycles. The van der Waals surface area contributed by atoms with E-state index in [1.54, 1.807) is 31.4 Å². The highest BCUT2D eigenvalue weighted by molar-refractivity contribution is 5.55. The Morgan fingerprint density at radius 3 is 2.68 bits per heavy atom. The van der Waals surface area contributed by atoms with E-state index in [2.05, 4.69) is 26.6 Å². The lowest BCUT2D eigenvalue weighted by atomic mass is 10.1. The van der Waals surface area contributed by atoms with Gasteiger partial charge >= 0.3 is 0 Å². The van der Waals surface area contributed by atoms with Crippen LogP contribution in [0.5, 0.6) is 5.75 Å². The van der Waals surface area contributed by atoms with Crippen molar-refractivity contribution >= 4 is 11.6 Å². The minimum absolute atomic E-state index is 0.221. The molecule has 0 fully saturated rings. The van der Waals surface area contributed by atoms with Crippen LogP contribution in [0.25, 0.3) is 0 Å². The summed E-state index contributed by atoms with van der Waals surface area (Å²) in [5.41, 5.74) is 2.10. The molecule has 0 aliphatic carbocycles. The van der Waals surface area contributed by atoms with E-state index in [1.165, 1.54) is 0 Å². The fraction of sp³-hybridized carbons (Fsp3) is 0.111. The van der Waals surface area contributed by atoms with E-state index in [1.807, 2.05) is 24.3 Å². The van der Waals surface area contributed by atoms with E-state index in [0.29, 0.717) is 23.4 Å². The van der Waals surface area contributed by atoms with Gasteiger partial charge in [-0.05, 0) is 35.9 Å². The van der Waals surface area contributed by atoms with Crippen molar-refractivity contribution in [2.24, 2.45) is 0 Å². The molecule has 2 N–H and O–H groups in total. The van der Waals surface area contributed by atoms with Gasteiger partial charge in [-0.1, -0.05) is 18.2 Å². The summed E-state index contributed by atoms with van der Waals surface area (Å²) in [7, 11) is 1.60. The SMILES string of the molecule is COc1ccc(Cc2nnc(Nc3cccc(C#N)c3)[nH]c2=O)cc1. The molecule has 0 radical (unpaired) electrons. The predicted molar refractivity (Wildman–Crippen MR) is 92.9 cm³/mol. The van der Waals surface area contributed by atoms with E-state index >= 15 is 0 Å². The van der Waals surface area contributed by atoms with Gasteiger partial charge in [0.05, 0.1) is 18.7 Å². The first-order valence-electron chi connectivity index (χ1n) is 7.54. The van der Waals surface area contributed by atoms with Gasteiger partial charge in [0.1, 0.15) is 11.4 Å². The largest absolute Gasteiger partial charge is 0.497 e. The van der Waals surface area contributed by atoms with Crippen LogP contribution in [0.1, 0.15) is 16.8 Å². The number of rotatable bonds is 5. The summed E-state index contributed by atoms with van der Waals surface area (Å²) < 4.78 is 5.11. The average Bonchev–Trinajstić information content (AvgIpc) is 2.65. The van der Waals surface area contributed by atoms with E-state index in [4.69, 9.17) is 10.00 Å². The molecule has 0 amide bonds. The molecule has 124 valence electrons. The second kappa shape index (κ2) is 7.27. The van der Waals surface area contributed by atoms with Crippen LogP contribution in [-0.4, -0.2) is 22.3 Å². The van der Waals surface area contributed by atoms with Crippen molar-refractivity contribution in [3.8, 4) is 11.8 Å². The second-order valence-corrected chi connectivity index (χ2v) is 5.29. The molecule has 0 spiro atoms. The van der Waals surface area contributed by atoms with Crippen LogP contribution >= 0.6 is 0 Å². The van der Waals surface area contributed by atoms with Crippen LogP contribution in [-0.2, 0) is 6.42 Å². The third-order valence-electron chi connectivity index (χ3n) is 3.55. The molecule has 0 saturated heterocycles. The number of ether oxygens (including phenoxy) is 1. The van der Waals surface area contributed by atoms with Crippen LogP contribution in [0, 0.1) is 11.3 Å². The Hall–Kier alpha value is -3.66. The van der Waals surface area contributed by atoms with E-state index in [-0.39, 0.29) is 11.5 Å². The molecule has 7 nitrogen and oxygen atoms in total. The van der Waals surface area contributed by atoms with Gasteiger partial charge in [0.2, 0.25) is 5.95 Å². The first kappa shape index (κ1) is 16.2. The molecule has 2 aromatic carbocycles. The van der Waals surface area contributed by atoms with Crippen LogP contribution in [0.4, 0.5) is 11.6 Å². The van der Waals surface area contributed by atoms with Crippen LogP contribution in [0.2, 0.25) is 0 Å². The number of aromatic amines is 1. The van der Waals surface area contributed by atoms with Crippen molar-refractivity contribution in [2.75, 3.05) is 12.4 Å². The number of methoxy groups -OCH3 is 1. The van der Waals surface area contributed by atoms with Crippen molar-refractivity contribution in [1.82, 2.24) is 15.2 Å². The van der Waals surface area contributed by atoms with Gasteiger partial charge in [-0.15, -0.1) is 10.2 Å². The Bertz CT molecular complexity index is 974. The number of H-pyrrole nitrogens is 1. The van der Waals surface area contributed by atoms with E-state index in [9.17, 15) is 4.79 Å². The first-order chi connectivity index (χ1) is 12.2. The Labute approximate surface area is 143 Å². The number of aromatic nitrogens is 3. The zero-order valence-corrected chi connectivity index (χ0v) is 13.5. The zero-order chi connectivity index (χ0) is 17.6. The molecular weight excluding hydrogens is 318 g/mol. The minimum Gasteiger partial charge on any atom is -0.497 e. The molecule has 0 atom stereocenters. The van der Waals surface area contributed by atoms with Crippen molar-refractivity contribution < 1.29 is 4.74 Å². The molecule has 25 heavy (non-hydrogen) atoms. The highest BCUT2D eigenvalue weighted by Crippen LogP contribution is 2.14. The van der Waals surface area contributed by atoms with Crippen molar-refractivity contribution in [3.05, 3.63) is 75.7 Å². The van der Waals surface area contributed by atoms with Crippen molar-refractivity contribution in [3.63, 3.8) is 0 Å². The molecule has 0 bridgehead atoms. The van der Waals surface area contributed by atoms with Gasteiger partial charge in [-0.2, -0.15) is 5.26 Å². The average molecular weight is 333 g/mol. The monoisotopic (exact) mass is 333 g/mol. The maximum atomic E-state index is 12.2. The molecule has 0 aliphatic rings. The van der Waals surface area contributed by atoms with Gasteiger partial charge < -0.3 is 10.1 Å². The summed E-state index contributed by atoms with van der Waals surface area (Å²) in [6, 6.07) is 16.3. The van der Waals surface area contributed by atoms with E-state index in [0.717, 1.165) is 11.3 Å². The standard InChI is InChI=1S/C18H15N5O2/c1-25-15-7-5-12(6-8-15)10-16-17(24)21-18(23-22-16)20-14-4-2-3-13(9-14)11-19/h2-9H,10H2,1H3,(H2,20,21,23,24). The normalized spacial score (nSPS) is 10.1. The minimum atomic E-state index is -0.315. The fourth-order valence-electron chi connectivity index (χ4n) is 2.27. The quantitative estimate of drug-likeness (QED) is 0.743. The fourth-order valence-corrected chi connectivity index (χ4v) is 2.27. The van der Waals surface area contributed by atoms with Crippen LogP contribution in [0.15, 0.2) is 53.3 Å². The van der Waals surface area contributed by atoms with Crippen molar-refractivity contribution in [2.45, 2.75) is 6.42 Å². The summed E-state index contributed by atoms with van der Waals surface area (Å²) in [6.07, 6.45) is 0.372. The predicted octanol–water partition coefficient (Wildman–Crippen LogP) is 2.38. The number of nitrogens with one attached hydrogen (secondary N) is 2. The molecule has 3 aromatic rings. The highest BCUT2D eigenvalue weighted by atomic mass is 16.5. The highest BCUT2D eigenvalue weighted by Gasteiger charge is 2.07. The maximum absolute atomic E-state index is 12.2. The number of nitrogens with zero attached hydrogens (tertiary/aromatic N) is 3. The lowest BCUT2D eigenvalue weighted by molar-refractivity contribution is 0.414. The lowest BCUT2D eigenvalue weighted by Gasteiger charge is -2.06. The molecule has 0 unspecified atom stereocenters. The number of hydrogen-bond donors (Lipinski definition) is 2. The second-order valence-electron chi connectivity index (χ2n) is 5.29. The van der Waals surface area contributed by atoms with E-state index < -0.39 is 0 Å². The molecule has 1 heterocycles. The van der Waals surface area contributed by atoms with Gasteiger partial charge in [-0.3, -0.25) is 9.78 Å². The summed E-state index contributed by atoms with van der Waals surface area (Å²) in [4.78, 5) is 14.9. The number of hydrogen-bond acceptors (Lipinski definition) is 6. The van der Waals surface area contributed by atoms with Gasteiger partial charge in [0.25, 0.3) is 5.56 Å². The van der Waals surface area contributed by atoms with Gasteiger partial charge in [0, 0.05) is 12.1 Å². The molecule has 0 aliphatic heterocycles. The number of nitriles is 1. The summed E-state index contributed by atoms with van der Waals surface area (Å²) in [5.74, 6) is 0.974. The summed E-state index contributed by atoms with van der Waals surface area (Å²) >= 11 is 0. The number of anilines is 2. The summed E-state index contributed by atoms with van der Waals surface area (Å²) in [5, 5.41) is 19.8. The smallest absolute Gasteiger partial charge is 0.274 e. The Kier molecular flexibility index (Phi) is 4.72. The number of benzene rings is 2. The van der Waals surface area contributed by atoms with Gasteiger partial charge in [0.15, 0.2) is 0 Å². The summed E-state index contributed by atoms with van der Waals surface area (Å²) in [6.45, 7) is 0. The topological polar surface area (TPSA) is 104 Å². The molecular formula is C18H15N5O2. The lowest BCUT2D eigenvalue weighted by Crippen LogP contribution is -2.18. The Morgan fingerprint density at radius 1 is 1.20 bits per heavy atom. The zero-order valence-electron chi connectivity index (χ0n) is 13.5. The third-order valence-corrected chi connectivity index (χ3v) is 3.55. The molecule has 7 heteroatoms. The first-order valence-corrected chi connectivity index (χ1v) is 7.54. The third kappa shape index (κ3) is 4.00. The maximum Gasteiger partial charge on any atom is 0.274 e. The van der Waals surface area contributed by atoms with Gasteiger partial charge in [-0.25, -0.2) is 0 Å². The molecule has 3 rings (SSSR count). The Morgan fingerprint density at radius 2 is 2.00 bits per heavy atom.